The van der Waals surface area contributed by atoms with Crippen molar-refractivity contribution in [3.05, 3.63) is 113 Å². The minimum atomic E-state index is -0.627. The molecule has 2 aromatic carbocycles. The number of aromatic nitrogens is 1. The highest BCUT2D eigenvalue weighted by molar-refractivity contribution is 7.10. The fraction of sp³-hybridized carbons (Fsp3) is 0.179. The molecule has 0 fully saturated rings. The van der Waals surface area contributed by atoms with Gasteiger partial charge in [0.05, 0.1) is 29.0 Å². The zero-order valence-corrected chi connectivity index (χ0v) is 21.5. The third-order valence-electron chi connectivity index (χ3n) is 5.68. The molecule has 0 saturated heterocycles. The smallest absolute Gasteiger partial charge is 0.338 e. The molecule has 3 heterocycles. The summed E-state index contributed by atoms with van der Waals surface area (Å²) < 4.78 is 13.1. The molecule has 0 radical (unpaired) electrons. The molecule has 1 atom stereocenters. The summed E-state index contributed by atoms with van der Waals surface area (Å²) in [6, 6.07) is 20.4. The predicted molar refractivity (Wildman–Crippen MR) is 143 cm³/mol. The monoisotopic (exact) mass is 516 g/mol. The third-order valence-corrected chi connectivity index (χ3v) is 7.58. The van der Waals surface area contributed by atoms with Crippen molar-refractivity contribution in [3.8, 4) is 5.75 Å². The molecule has 182 valence electrons. The molecule has 1 unspecified atom stereocenters. The molecule has 0 N–H and O–H groups in total. The molecular weight excluding hydrogens is 492 g/mol. The average Bonchev–Trinajstić information content (AvgIpc) is 3.54. The Hall–Kier alpha value is -3.75. The van der Waals surface area contributed by atoms with Crippen molar-refractivity contribution in [2.24, 2.45) is 4.99 Å². The summed E-state index contributed by atoms with van der Waals surface area (Å²) in [6.07, 6.45) is 1.85. The van der Waals surface area contributed by atoms with Crippen LogP contribution in [0.3, 0.4) is 0 Å². The zero-order valence-electron chi connectivity index (χ0n) is 19.8. The van der Waals surface area contributed by atoms with Crippen LogP contribution in [-0.2, 0) is 9.53 Å². The number of hydrogen-bond acceptors (Lipinski definition) is 7. The minimum Gasteiger partial charge on any atom is -0.494 e. The van der Waals surface area contributed by atoms with E-state index in [-0.39, 0.29) is 12.2 Å². The highest BCUT2D eigenvalue weighted by Crippen LogP contribution is 2.36. The number of thiazole rings is 1. The van der Waals surface area contributed by atoms with Gasteiger partial charge < -0.3 is 9.47 Å². The molecular formula is C28H24N2O4S2. The van der Waals surface area contributed by atoms with E-state index >= 15 is 0 Å². The third kappa shape index (κ3) is 4.57. The second-order valence-electron chi connectivity index (χ2n) is 7.95. The van der Waals surface area contributed by atoms with Crippen molar-refractivity contribution in [2.45, 2.75) is 19.9 Å². The molecule has 0 saturated carbocycles. The largest absolute Gasteiger partial charge is 0.494 e. The molecule has 4 aromatic rings. The van der Waals surface area contributed by atoms with Gasteiger partial charge in [0, 0.05) is 10.4 Å². The summed E-state index contributed by atoms with van der Waals surface area (Å²) in [6.45, 7) is 4.52. The van der Waals surface area contributed by atoms with E-state index in [1.807, 2.05) is 85.1 Å². The Balaban J connectivity index is 1.74. The van der Waals surface area contributed by atoms with E-state index in [1.54, 1.807) is 11.5 Å². The standard InChI is InChI=1S/C28H24N2O4S2/c1-3-33-20-14-12-18(13-15-20)17-22-26(31)30-25(21-11-8-16-35-21)23(27(32)34-4-2)24(29-28(30)36-22)19-9-6-5-7-10-19/h5-17,25H,3-4H2,1-2H3. The van der Waals surface area contributed by atoms with Gasteiger partial charge in [0.1, 0.15) is 11.8 Å². The van der Waals surface area contributed by atoms with Gasteiger partial charge in [-0.3, -0.25) is 9.36 Å². The van der Waals surface area contributed by atoms with E-state index < -0.39 is 12.0 Å². The predicted octanol–water partition coefficient (Wildman–Crippen LogP) is 4.40. The zero-order chi connectivity index (χ0) is 25.1. The summed E-state index contributed by atoms with van der Waals surface area (Å²) in [5.41, 5.74) is 2.38. The Morgan fingerprint density at radius 3 is 2.47 bits per heavy atom. The topological polar surface area (TPSA) is 69.9 Å². The highest BCUT2D eigenvalue weighted by atomic mass is 32.1. The Morgan fingerprint density at radius 2 is 1.81 bits per heavy atom. The van der Waals surface area contributed by atoms with E-state index in [4.69, 9.17) is 14.5 Å². The fourth-order valence-corrected chi connectivity index (χ4v) is 5.96. The van der Waals surface area contributed by atoms with Gasteiger partial charge in [0.15, 0.2) is 4.80 Å². The normalized spacial score (nSPS) is 15.4. The van der Waals surface area contributed by atoms with Crippen LogP contribution in [0.5, 0.6) is 5.75 Å². The first kappa shape index (κ1) is 24.0. The van der Waals surface area contributed by atoms with Gasteiger partial charge in [-0.15, -0.1) is 11.3 Å². The first-order chi connectivity index (χ1) is 17.6. The Labute approximate surface area is 216 Å². The van der Waals surface area contributed by atoms with Crippen molar-refractivity contribution < 1.29 is 14.3 Å². The number of esters is 1. The lowest BCUT2D eigenvalue weighted by Crippen LogP contribution is -2.39. The number of ether oxygens (including phenoxy) is 2. The van der Waals surface area contributed by atoms with Gasteiger partial charge in [0.25, 0.3) is 5.56 Å². The number of carbonyl (C=O) groups excluding carboxylic acids is 1. The van der Waals surface area contributed by atoms with Gasteiger partial charge in [-0.05, 0) is 49.1 Å². The van der Waals surface area contributed by atoms with E-state index in [9.17, 15) is 9.59 Å². The van der Waals surface area contributed by atoms with Crippen LogP contribution in [0.1, 0.15) is 35.9 Å². The van der Waals surface area contributed by atoms with Gasteiger partial charge in [-0.25, -0.2) is 9.79 Å². The number of carbonyl (C=O) groups is 1. The number of benzene rings is 2. The number of fused-ring (bicyclic) bond motifs is 1. The first-order valence-corrected chi connectivity index (χ1v) is 13.3. The van der Waals surface area contributed by atoms with Crippen LogP contribution >= 0.6 is 22.7 Å². The molecule has 1 aliphatic rings. The summed E-state index contributed by atoms with van der Waals surface area (Å²) in [5.74, 6) is 0.305. The molecule has 0 bridgehead atoms. The number of thiophene rings is 1. The van der Waals surface area contributed by atoms with Gasteiger partial charge in [-0.2, -0.15) is 0 Å². The molecule has 0 amide bonds. The molecule has 1 aliphatic heterocycles. The highest BCUT2D eigenvalue weighted by Gasteiger charge is 2.35. The van der Waals surface area contributed by atoms with Gasteiger partial charge >= 0.3 is 5.97 Å². The average molecular weight is 517 g/mol. The van der Waals surface area contributed by atoms with Crippen LogP contribution in [0.15, 0.2) is 87.5 Å². The maximum atomic E-state index is 13.7. The van der Waals surface area contributed by atoms with Crippen molar-refractivity contribution in [1.82, 2.24) is 4.57 Å². The van der Waals surface area contributed by atoms with Crippen LogP contribution in [0.2, 0.25) is 0 Å². The SMILES string of the molecule is CCOC(=O)C1=C(c2ccccc2)N=c2sc(=Cc3ccc(OCC)cc3)c(=O)n2C1c1cccs1. The van der Waals surface area contributed by atoms with Crippen molar-refractivity contribution in [3.63, 3.8) is 0 Å². The maximum Gasteiger partial charge on any atom is 0.338 e. The number of nitrogens with zero attached hydrogens (tertiary/aromatic N) is 2. The lowest BCUT2D eigenvalue weighted by atomic mass is 9.97. The van der Waals surface area contributed by atoms with Crippen LogP contribution in [0.25, 0.3) is 11.8 Å². The fourth-order valence-electron chi connectivity index (χ4n) is 4.13. The quantitative estimate of drug-likeness (QED) is 0.342. The van der Waals surface area contributed by atoms with Crippen LogP contribution in [0, 0.1) is 0 Å². The summed E-state index contributed by atoms with van der Waals surface area (Å²) in [4.78, 5) is 33.3. The van der Waals surface area contributed by atoms with E-state index in [0.717, 1.165) is 21.8 Å². The Kier molecular flexibility index (Phi) is 6.97. The number of rotatable bonds is 7. The van der Waals surface area contributed by atoms with Crippen LogP contribution in [0.4, 0.5) is 0 Å². The molecule has 5 rings (SSSR count). The lowest BCUT2D eigenvalue weighted by molar-refractivity contribution is -0.138. The van der Waals surface area contributed by atoms with Crippen molar-refractivity contribution in [1.29, 1.82) is 0 Å². The second-order valence-corrected chi connectivity index (χ2v) is 9.94. The van der Waals surface area contributed by atoms with Crippen molar-refractivity contribution >= 4 is 40.4 Å². The van der Waals surface area contributed by atoms with Gasteiger partial charge in [-0.1, -0.05) is 59.9 Å². The Morgan fingerprint density at radius 1 is 1.03 bits per heavy atom. The van der Waals surface area contributed by atoms with Crippen molar-refractivity contribution in [2.75, 3.05) is 13.2 Å². The molecule has 8 heteroatoms. The molecule has 0 spiro atoms. The van der Waals surface area contributed by atoms with E-state index in [1.165, 1.54) is 22.7 Å². The molecule has 6 nitrogen and oxygen atoms in total. The number of hydrogen-bond donors (Lipinski definition) is 0. The Bertz CT molecular complexity index is 1580. The maximum absolute atomic E-state index is 13.7. The van der Waals surface area contributed by atoms with Crippen LogP contribution in [-0.4, -0.2) is 23.8 Å². The van der Waals surface area contributed by atoms with E-state index in [0.29, 0.717) is 27.2 Å². The molecule has 2 aromatic heterocycles. The minimum absolute atomic E-state index is 0.194. The van der Waals surface area contributed by atoms with E-state index in [2.05, 4.69) is 0 Å². The summed E-state index contributed by atoms with van der Waals surface area (Å²) in [5, 5.41) is 1.94. The van der Waals surface area contributed by atoms with Crippen LogP contribution < -0.4 is 19.6 Å². The molecule has 0 aliphatic carbocycles. The van der Waals surface area contributed by atoms with Gasteiger partial charge in [0.2, 0.25) is 0 Å². The summed E-state index contributed by atoms with van der Waals surface area (Å²) >= 11 is 2.81. The second kappa shape index (κ2) is 10.5. The lowest BCUT2D eigenvalue weighted by Gasteiger charge is -2.24. The first-order valence-electron chi connectivity index (χ1n) is 11.7. The molecule has 36 heavy (non-hydrogen) atoms. The summed E-state index contributed by atoms with van der Waals surface area (Å²) in [7, 11) is 0.